The number of rotatable bonds is 6. The summed E-state index contributed by atoms with van der Waals surface area (Å²) in [6.07, 6.45) is 0. The van der Waals surface area contributed by atoms with Crippen molar-refractivity contribution in [2.24, 2.45) is 0 Å². The topological polar surface area (TPSA) is 61.7 Å². The minimum Gasteiger partial charge on any atom is -0.456 e. The Morgan fingerprint density at radius 3 is 1.67 bits per heavy atom. The molecule has 0 bridgehead atoms. The van der Waals surface area contributed by atoms with E-state index in [0.717, 1.165) is 82.9 Å². The molecule has 0 saturated carbocycles. The lowest BCUT2D eigenvalue weighted by molar-refractivity contribution is 0.661. The molecule has 15 rings (SSSR count). The third-order valence-electron chi connectivity index (χ3n) is 15.1. The lowest BCUT2D eigenvalue weighted by atomic mass is 9.82. The van der Waals surface area contributed by atoms with Gasteiger partial charge in [0.25, 0.3) is 0 Å². The van der Waals surface area contributed by atoms with Gasteiger partial charge in [0, 0.05) is 71.9 Å². The number of para-hydroxylation sites is 2. The van der Waals surface area contributed by atoms with Gasteiger partial charge in [0.05, 0.1) is 22.1 Å². The summed E-state index contributed by atoms with van der Waals surface area (Å²) in [6, 6.07) is 80.2. The molecule has 0 saturated heterocycles. The third-order valence-corrected chi connectivity index (χ3v) is 15.1. The van der Waals surface area contributed by atoms with E-state index in [0.29, 0.717) is 17.5 Å². The Balaban J connectivity index is 0.950. The van der Waals surface area contributed by atoms with Gasteiger partial charge in [0.2, 0.25) is 0 Å². The first-order valence-corrected chi connectivity index (χ1v) is 24.6. The van der Waals surface area contributed by atoms with E-state index in [1.807, 2.05) is 72.8 Å². The molecule has 0 unspecified atom stereocenters. The summed E-state index contributed by atoms with van der Waals surface area (Å²) >= 11 is 0. The van der Waals surface area contributed by atoms with Crippen LogP contribution < -0.4 is 0 Å². The maximum absolute atomic E-state index is 6.57. The molecular formula is C66H43N5O. The Morgan fingerprint density at radius 1 is 0.319 bits per heavy atom. The first-order valence-electron chi connectivity index (χ1n) is 24.6. The van der Waals surface area contributed by atoms with Crippen molar-refractivity contribution in [1.29, 1.82) is 0 Å². The molecule has 1 aliphatic carbocycles. The maximum atomic E-state index is 6.57. The molecule has 0 amide bonds. The number of benzene rings is 10. The van der Waals surface area contributed by atoms with E-state index in [4.69, 9.17) is 19.4 Å². The van der Waals surface area contributed by atoms with Gasteiger partial charge in [0.1, 0.15) is 11.2 Å². The maximum Gasteiger partial charge on any atom is 0.164 e. The highest BCUT2D eigenvalue weighted by molar-refractivity contribution is 6.18. The molecular weight excluding hydrogens is 879 g/mol. The Labute approximate surface area is 414 Å². The normalized spacial score (nSPS) is 13.0. The van der Waals surface area contributed by atoms with Gasteiger partial charge in [-0.1, -0.05) is 166 Å². The van der Waals surface area contributed by atoms with E-state index in [1.54, 1.807) is 0 Å². The van der Waals surface area contributed by atoms with Crippen molar-refractivity contribution in [2.75, 3.05) is 0 Å². The summed E-state index contributed by atoms with van der Waals surface area (Å²) in [5.41, 5.74) is 18.7. The highest BCUT2D eigenvalue weighted by Gasteiger charge is 2.36. The molecule has 10 aromatic carbocycles. The Bertz CT molecular complexity index is 4470. The molecule has 6 heteroatoms. The fourth-order valence-electron chi connectivity index (χ4n) is 11.7. The van der Waals surface area contributed by atoms with Crippen LogP contribution in [0.15, 0.2) is 229 Å². The quantitative estimate of drug-likeness (QED) is 0.167. The van der Waals surface area contributed by atoms with Crippen LogP contribution >= 0.6 is 0 Å². The minimum absolute atomic E-state index is 0.117. The Morgan fingerprint density at radius 2 is 0.889 bits per heavy atom. The molecule has 6 nitrogen and oxygen atoms in total. The zero-order valence-electron chi connectivity index (χ0n) is 39.5. The largest absolute Gasteiger partial charge is 0.456 e. The van der Waals surface area contributed by atoms with Crippen LogP contribution in [0.4, 0.5) is 0 Å². The predicted octanol–water partition coefficient (Wildman–Crippen LogP) is 16.9. The first kappa shape index (κ1) is 40.5. The lowest BCUT2D eigenvalue weighted by Crippen LogP contribution is -2.14. The van der Waals surface area contributed by atoms with Crippen molar-refractivity contribution >= 4 is 65.6 Å². The molecule has 0 radical (unpaired) electrons. The molecule has 0 spiro atoms. The number of hydrogen-bond acceptors (Lipinski definition) is 4. The molecule has 338 valence electrons. The van der Waals surface area contributed by atoms with Crippen molar-refractivity contribution < 1.29 is 4.42 Å². The zero-order chi connectivity index (χ0) is 47.7. The van der Waals surface area contributed by atoms with Gasteiger partial charge >= 0.3 is 0 Å². The van der Waals surface area contributed by atoms with Crippen molar-refractivity contribution in [3.63, 3.8) is 0 Å². The van der Waals surface area contributed by atoms with Crippen molar-refractivity contribution in [2.45, 2.75) is 19.3 Å². The van der Waals surface area contributed by atoms with Crippen LogP contribution in [0.3, 0.4) is 0 Å². The summed E-state index contributed by atoms with van der Waals surface area (Å²) in [4.78, 5) is 15.2. The van der Waals surface area contributed by atoms with Crippen LogP contribution in [-0.2, 0) is 5.41 Å². The van der Waals surface area contributed by atoms with Crippen LogP contribution in [0.5, 0.6) is 0 Å². The van der Waals surface area contributed by atoms with Crippen LogP contribution in [0.1, 0.15) is 25.0 Å². The molecule has 72 heavy (non-hydrogen) atoms. The van der Waals surface area contributed by atoms with Gasteiger partial charge in [-0.15, -0.1) is 0 Å². The molecule has 0 aliphatic heterocycles. The number of nitrogens with zero attached hydrogens (tertiary/aromatic N) is 5. The SMILES string of the molecule is CC1(C)c2ccccc2-c2cc3c4cc(-c5ccc6c7cc8c(cc7n(-c7cccc(-c9nc(-c%10ccccc%10)nc(-c%10ccccc%10)n9)c7)c6c5)oc5ccccc58)ccc4n(-c4ccccc4)c3cc21. The minimum atomic E-state index is -0.117. The number of hydrogen-bond donors (Lipinski definition) is 0. The van der Waals surface area contributed by atoms with Crippen molar-refractivity contribution in [1.82, 2.24) is 24.1 Å². The van der Waals surface area contributed by atoms with E-state index < -0.39 is 0 Å². The summed E-state index contributed by atoms with van der Waals surface area (Å²) < 4.78 is 11.4. The summed E-state index contributed by atoms with van der Waals surface area (Å²) in [5, 5.41) is 6.97. The molecule has 4 heterocycles. The van der Waals surface area contributed by atoms with E-state index in [-0.39, 0.29) is 5.41 Å². The smallest absolute Gasteiger partial charge is 0.164 e. The van der Waals surface area contributed by atoms with Crippen LogP contribution in [0.25, 0.3) is 133 Å². The second-order valence-electron chi connectivity index (χ2n) is 19.6. The fraction of sp³-hybridized carbons (Fsp3) is 0.0455. The Kier molecular flexibility index (Phi) is 8.61. The van der Waals surface area contributed by atoms with Gasteiger partial charge in [-0.05, 0) is 100 Å². The van der Waals surface area contributed by atoms with Gasteiger partial charge in [-0.3, -0.25) is 0 Å². The predicted molar refractivity (Wildman–Crippen MR) is 295 cm³/mol. The molecule has 1 aliphatic rings. The van der Waals surface area contributed by atoms with Crippen LogP contribution in [-0.4, -0.2) is 24.1 Å². The summed E-state index contributed by atoms with van der Waals surface area (Å²) in [6.45, 7) is 4.72. The highest BCUT2D eigenvalue weighted by Crippen LogP contribution is 2.51. The number of aromatic nitrogens is 5. The average molecular weight is 922 g/mol. The summed E-state index contributed by atoms with van der Waals surface area (Å²) in [5.74, 6) is 1.85. The molecule has 0 atom stereocenters. The second kappa shape index (κ2) is 15.3. The van der Waals surface area contributed by atoms with Crippen LogP contribution in [0.2, 0.25) is 0 Å². The first-order chi connectivity index (χ1) is 35.4. The van der Waals surface area contributed by atoms with Crippen molar-refractivity contribution in [3.8, 4) is 67.8 Å². The molecule has 0 fully saturated rings. The highest BCUT2D eigenvalue weighted by atomic mass is 16.3. The van der Waals surface area contributed by atoms with E-state index >= 15 is 0 Å². The molecule has 14 aromatic rings. The second-order valence-corrected chi connectivity index (χ2v) is 19.6. The van der Waals surface area contributed by atoms with Crippen molar-refractivity contribution in [3.05, 3.63) is 236 Å². The van der Waals surface area contributed by atoms with Gasteiger partial charge in [-0.25, -0.2) is 15.0 Å². The van der Waals surface area contributed by atoms with E-state index in [9.17, 15) is 0 Å². The van der Waals surface area contributed by atoms with Gasteiger partial charge in [-0.2, -0.15) is 0 Å². The molecule has 4 aromatic heterocycles. The third kappa shape index (κ3) is 6.05. The standard InChI is InChI=1S/C66H43N5O/c1-66(2)55-27-14-12-25-47(55)50-36-53-51-34-42(30-32-57(51)70(59(53)38-56(50)66)45-22-10-5-11-23-45)43-29-31-48-52-37-54-49-26-13-15-28-61(49)72-62(54)39-60(52)71(58(48)35-43)46-24-16-21-44(33-46)65-68-63(40-17-6-3-7-18-40)67-64(69-65)41-19-8-4-9-20-41/h3-39H,1-2H3. The van der Waals surface area contributed by atoms with E-state index in [2.05, 4.69) is 175 Å². The fourth-order valence-corrected chi connectivity index (χ4v) is 11.7. The van der Waals surface area contributed by atoms with Crippen LogP contribution in [0, 0.1) is 0 Å². The molecule has 0 N–H and O–H groups in total. The number of furan rings is 1. The van der Waals surface area contributed by atoms with Gasteiger partial charge < -0.3 is 13.6 Å². The van der Waals surface area contributed by atoms with Gasteiger partial charge in [0.15, 0.2) is 17.5 Å². The zero-order valence-corrected chi connectivity index (χ0v) is 39.5. The number of fused-ring (bicyclic) bond motifs is 12. The lowest BCUT2D eigenvalue weighted by Gasteiger charge is -2.21. The monoisotopic (exact) mass is 921 g/mol. The van der Waals surface area contributed by atoms with E-state index in [1.165, 1.54) is 44.1 Å². The average Bonchev–Trinajstić information content (AvgIpc) is 4.14. The Hall–Kier alpha value is -9.39. The summed E-state index contributed by atoms with van der Waals surface area (Å²) in [7, 11) is 0.